The Morgan fingerprint density at radius 2 is 1.93 bits per heavy atom. The van der Waals surface area contributed by atoms with Crippen LogP contribution in [0.15, 0.2) is 47.4 Å². The number of rotatable bonds is 7. The van der Waals surface area contributed by atoms with Crippen LogP contribution in [0.1, 0.15) is 22.8 Å². The number of amides is 1. The van der Waals surface area contributed by atoms with Crippen LogP contribution in [0, 0.1) is 15.9 Å². The van der Waals surface area contributed by atoms with Crippen LogP contribution in [0.25, 0.3) is 0 Å². The minimum atomic E-state index is -1.10. The Balaban J connectivity index is 1.97. The molecule has 142 valence electrons. The fraction of sp³-hybridized carbons (Fsp3) is 0.222. The molecule has 2 aromatic carbocycles. The molecule has 0 spiro atoms. The van der Waals surface area contributed by atoms with Crippen molar-refractivity contribution < 1.29 is 23.6 Å². The zero-order chi connectivity index (χ0) is 20.0. The molecular formula is C18H17FN2O5S. The molecule has 0 aliphatic carbocycles. The van der Waals surface area contributed by atoms with Crippen molar-refractivity contribution in [2.75, 3.05) is 6.26 Å². The molecule has 1 amide bonds. The van der Waals surface area contributed by atoms with E-state index in [2.05, 4.69) is 5.32 Å². The second kappa shape index (κ2) is 9.13. The van der Waals surface area contributed by atoms with Crippen molar-refractivity contribution >= 4 is 29.3 Å². The standard InChI is InChI=1S/C18H17FN2O5S/c1-11(17(22)20-10-12-3-6-14(19)7-4-12)26-18(23)13-5-8-16(27-2)15(9-13)21(24)25/h3-9,11H,10H2,1-2H3,(H,20,22)/t11-/m0/s1. The Bertz CT molecular complexity index is 857. The molecule has 9 heteroatoms. The van der Waals surface area contributed by atoms with Gasteiger partial charge in [-0.3, -0.25) is 14.9 Å². The maximum Gasteiger partial charge on any atom is 0.339 e. The molecule has 0 aliphatic rings. The van der Waals surface area contributed by atoms with E-state index in [-0.39, 0.29) is 23.6 Å². The van der Waals surface area contributed by atoms with Crippen LogP contribution in [0.2, 0.25) is 0 Å². The number of thioether (sulfide) groups is 1. The number of hydrogen-bond acceptors (Lipinski definition) is 6. The van der Waals surface area contributed by atoms with E-state index >= 15 is 0 Å². The number of carbonyl (C=O) groups excluding carboxylic acids is 2. The number of nitrogens with one attached hydrogen (secondary N) is 1. The summed E-state index contributed by atoms with van der Waals surface area (Å²) in [5.74, 6) is -1.76. The lowest BCUT2D eigenvalue weighted by Crippen LogP contribution is -2.35. The Kier molecular flexibility index (Phi) is 6.89. The molecule has 0 bridgehead atoms. The van der Waals surface area contributed by atoms with E-state index in [1.807, 2.05) is 0 Å². The third-order valence-corrected chi connectivity index (χ3v) is 4.43. The predicted molar refractivity (Wildman–Crippen MR) is 98.0 cm³/mol. The summed E-state index contributed by atoms with van der Waals surface area (Å²) in [6, 6.07) is 9.59. The van der Waals surface area contributed by atoms with Gasteiger partial charge in [0.2, 0.25) is 0 Å². The molecular weight excluding hydrogens is 375 g/mol. The number of benzene rings is 2. The molecule has 0 radical (unpaired) electrons. The van der Waals surface area contributed by atoms with Crippen molar-refractivity contribution in [3.05, 3.63) is 69.5 Å². The third-order valence-electron chi connectivity index (χ3n) is 3.64. The number of nitro benzene ring substituents is 1. The number of hydrogen-bond donors (Lipinski definition) is 1. The maximum absolute atomic E-state index is 12.9. The quantitative estimate of drug-likeness (QED) is 0.336. The number of carbonyl (C=O) groups is 2. The first-order chi connectivity index (χ1) is 12.8. The molecule has 0 saturated carbocycles. The molecule has 0 aliphatic heterocycles. The number of esters is 1. The van der Waals surface area contributed by atoms with Crippen molar-refractivity contribution in [1.29, 1.82) is 0 Å². The van der Waals surface area contributed by atoms with Crippen LogP contribution in [0.5, 0.6) is 0 Å². The largest absolute Gasteiger partial charge is 0.449 e. The van der Waals surface area contributed by atoms with Crippen molar-refractivity contribution in [2.45, 2.75) is 24.5 Å². The molecule has 1 atom stereocenters. The van der Waals surface area contributed by atoms with Gasteiger partial charge < -0.3 is 10.1 Å². The fourth-order valence-corrected chi connectivity index (χ4v) is 2.72. The van der Waals surface area contributed by atoms with Gasteiger partial charge in [-0.2, -0.15) is 0 Å². The van der Waals surface area contributed by atoms with Crippen LogP contribution >= 0.6 is 11.8 Å². The van der Waals surface area contributed by atoms with Crippen LogP contribution < -0.4 is 5.32 Å². The fourth-order valence-electron chi connectivity index (χ4n) is 2.18. The van der Waals surface area contributed by atoms with Crippen LogP contribution in [-0.4, -0.2) is 29.2 Å². The molecule has 2 aromatic rings. The molecule has 0 fully saturated rings. The van der Waals surface area contributed by atoms with Crippen molar-refractivity contribution in [2.24, 2.45) is 0 Å². The monoisotopic (exact) mass is 392 g/mol. The minimum Gasteiger partial charge on any atom is -0.449 e. The van der Waals surface area contributed by atoms with Crippen LogP contribution in [0.4, 0.5) is 10.1 Å². The first-order valence-corrected chi connectivity index (χ1v) is 9.10. The number of halogens is 1. The van der Waals surface area contributed by atoms with E-state index in [0.29, 0.717) is 10.5 Å². The summed E-state index contributed by atoms with van der Waals surface area (Å²) in [4.78, 5) is 35.1. The zero-order valence-electron chi connectivity index (χ0n) is 14.6. The first-order valence-electron chi connectivity index (χ1n) is 7.87. The summed E-state index contributed by atoms with van der Waals surface area (Å²) in [6.45, 7) is 1.54. The van der Waals surface area contributed by atoms with Gasteiger partial charge in [0.1, 0.15) is 5.82 Å². The minimum absolute atomic E-state index is 0.0160. The average Bonchev–Trinajstić information content (AvgIpc) is 2.66. The maximum atomic E-state index is 12.9. The Labute approximate surface area is 159 Å². The summed E-state index contributed by atoms with van der Waals surface area (Å²) in [7, 11) is 0. The molecule has 0 saturated heterocycles. The summed E-state index contributed by atoms with van der Waals surface area (Å²) in [6.07, 6.45) is 0.589. The van der Waals surface area contributed by atoms with Gasteiger partial charge in [-0.1, -0.05) is 12.1 Å². The lowest BCUT2D eigenvalue weighted by Gasteiger charge is -2.14. The summed E-state index contributed by atoms with van der Waals surface area (Å²) < 4.78 is 17.9. The van der Waals surface area contributed by atoms with E-state index in [1.54, 1.807) is 6.26 Å². The lowest BCUT2D eigenvalue weighted by molar-refractivity contribution is -0.387. The molecule has 0 unspecified atom stereocenters. The Morgan fingerprint density at radius 3 is 2.52 bits per heavy atom. The van der Waals surface area contributed by atoms with Gasteiger partial charge in [-0.25, -0.2) is 9.18 Å². The highest BCUT2D eigenvalue weighted by Crippen LogP contribution is 2.28. The second-order valence-electron chi connectivity index (χ2n) is 5.54. The Morgan fingerprint density at radius 1 is 1.26 bits per heavy atom. The van der Waals surface area contributed by atoms with Gasteiger partial charge in [-0.15, -0.1) is 11.8 Å². The Hall–Kier alpha value is -2.94. The van der Waals surface area contributed by atoms with Gasteiger partial charge in [0.05, 0.1) is 15.4 Å². The van der Waals surface area contributed by atoms with Gasteiger partial charge in [-0.05, 0) is 43.0 Å². The van der Waals surface area contributed by atoms with Gasteiger partial charge in [0.25, 0.3) is 11.6 Å². The van der Waals surface area contributed by atoms with E-state index < -0.39 is 22.9 Å². The van der Waals surface area contributed by atoms with Crippen molar-refractivity contribution in [3.8, 4) is 0 Å². The molecule has 0 aromatic heterocycles. The van der Waals surface area contributed by atoms with Crippen LogP contribution in [-0.2, 0) is 16.1 Å². The van der Waals surface area contributed by atoms with E-state index in [1.165, 1.54) is 55.1 Å². The number of nitrogens with zero attached hydrogens (tertiary/aromatic N) is 1. The highest BCUT2D eigenvalue weighted by Gasteiger charge is 2.22. The normalized spacial score (nSPS) is 11.5. The van der Waals surface area contributed by atoms with Gasteiger partial charge in [0.15, 0.2) is 6.10 Å². The molecule has 7 nitrogen and oxygen atoms in total. The van der Waals surface area contributed by atoms with Crippen molar-refractivity contribution in [1.82, 2.24) is 5.32 Å². The summed E-state index contributed by atoms with van der Waals surface area (Å²) in [5, 5.41) is 13.7. The topological polar surface area (TPSA) is 98.5 Å². The smallest absolute Gasteiger partial charge is 0.339 e. The van der Waals surface area contributed by atoms with E-state index in [0.717, 1.165) is 6.07 Å². The molecule has 0 heterocycles. The van der Waals surface area contributed by atoms with Crippen LogP contribution in [0.3, 0.4) is 0 Å². The predicted octanol–water partition coefficient (Wildman–Crippen LogP) is 3.32. The first kappa shape index (κ1) is 20.4. The van der Waals surface area contributed by atoms with Gasteiger partial charge in [0, 0.05) is 12.6 Å². The van der Waals surface area contributed by atoms with Gasteiger partial charge >= 0.3 is 5.97 Å². The third kappa shape index (κ3) is 5.52. The van der Waals surface area contributed by atoms with E-state index in [4.69, 9.17) is 4.74 Å². The second-order valence-corrected chi connectivity index (χ2v) is 6.38. The lowest BCUT2D eigenvalue weighted by atomic mass is 10.2. The molecule has 27 heavy (non-hydrogen) atoms. The molecule has 2 rings (SSSR count). The number of ether oxygens (including phenoxy) is 1. The zero-order valence-corrected chi connectivity index (χ0v) is 15.4. The van der Waals surface area contributed by atoms with Crippen molar-refractivity contribution in [3.63, 3.8) is 0 Å². The highest BCUT2D eigenvalue weighted by molar-refractivity contribution is 7.98. The number of nitro groups is 1. The summed E-state index contributed by atoms with van der Waals surface area (Å²) in [5.41, 5.74) is 0.467. The van der Waals surface area contributed by atoms with E-state index in [9.17, 15) is 24.1 Å². The molecule has 1 N–H and O–H groups in total. The summed E-state index contributed by atoms with van der Waals surface area (Å²) >= 11 is 1.19. The average molecular weight is 392 g/mol. The SMILES string of the molecule is CSc1ccc(C(=O)O[C@@H](C)C(=O)NCc2ccc(F)cc2)cc1[N+](=O)[O-]. The highest BCUT2D eigenvalue weighted by atomic mass is 32.2.